The Morgan fingerprint density at radius 1 is 1.53 bits per heavy atom. The number of carbonyl (C=O) groups is 1. The first kappa shape index (κ1) is 13.3. The van der Waals surface area contributed by atoms with E-state index < -0.39 is 5.60 Å². The predicted octanol–water partition coefficient (Wildman–Crippen LogP) is 2.18. The first-order valence-corrected chi connectivity index (χ1v) is 7.98. The van der Waals surface area contributed by atoms with Gasteiger partial charge < -0.3 is 10.4 Å². The van der Waals surface area contributed by atoms with Crippen LogP contribution < -0.4 is 5.32 Å². The number of halogens is 1. The van der Waals surface area contributed by atoms with Crippen molar-refractivity contribution in [3.63, 3.8) is 0 Å². The van der Waals surface area contributed by atoms with E-state index in [4.69, 9.17) is 11.6 Å². The van der Waals surface area contributed by atoms with Gasteiger partial charge in [0.25, 0.3) is 5.91 Å². The van der Waals surface area contributed by atoms with Crippen molar-refractivity contribution in [1.29, 1.82) is 0 Å². The second-order valence-electron chi connectivity index (χ2n) is 5.31. The van der Waals surface area contributed by atoms with Gasteiger partial charge in [-0.2, -0.15) is 11.8 Å². The summed E-state index contributed by atoms with van der Waals surface area (Å²) in [6.45, 7) is 0. The largest absolute Gasteiger partial charge is 0.379 e. The Labute approximate surface area is 121 Å². The van der Waals surface area contributed by atoms with E-state index in [2.05, 4.69) is 5.32 Å². The molecular weight excluding hydrogens is 282 g/mol. The molecule has 0 bridgehead atoms. The van der Waals surface area contributed by atoms with Gasteiger partial charge in [-0.3, -0.25) is 4.79 Å². The van der Waals surface area contributed by atoms with Gasteiger partial charge in [-0.05, 0) is 36.3 Å². The van der Waals surface area contributed by atoms with Gasteiger partial charge in [0.15, 0.2) is 5.60 Å². The fourth-order valence-electron chi connectivity index (χ4n) is 2.50. The fourth-order valence-corrected chi connectivity index (χ4v) is 3.93. The number of aliphatic hydroxyl groups is 1. The molecule has 1 aromatic rings. The predicted molar refractivity (Wildman–Crippen MR) is 77.6 cm³/mol. The van der Waals surface area contributed by atoms with Crippen LogP contribution in [0.1, 0.15) is 24.3 Å². The second kappa shape index (κ2) is 5.00. The third-order valence-electron chi connectivity index (χ3n) is 3.81. The molecule has 0 spiro atoms. The van der Waals surface area contributed by atoms with Gasteiger partial charge in [-0.25, -0.2) is 0 Å². The summed E-state index contributed by atoms with van der Waals surface area (Å²) < 4.78 is 0. The first-order chi connectivity index (χ1) is 9.08. The summed E-state index contributed by atoms with van der Waals surface area (Å²) in [6.07, 6.45) is 1.48. The first-order valence-electron chi connectivity index (χ1n) is 6.45. The maximum Gasteiger partial charge on any atom is 0.253 e. The highest BCUT2D eigenvalue weighted by molar-refractivity contribution is 7.99. The van der Waals surface area contributed by atoms with Gasteiger partial charge in [0, 0.05) is 22.7 Å². The Kier molecular flexibility index (Phi) is 3.50. The molecule has 102 valence electrons. The number of thioether (sulfide) groups is 1. The minimum Gasteiger partial charge on any atom is -0.379 e. The Morgan fingerprint density at radius 2 is 2.37 bits per heavy atom. The van der Waals surface area contributed by atoms with Crippen LogP contribution in [-0.4, -0.2) is 34.2 Å². The van der Waals surface area contributed by atoms with E-state index in [-0.39, 0.29) is 11.9 Å². The molecule has 5 heteroatoms. The van der Waals surface area contributed by atoms with E-state index in [9.17, 15) is 9.90 Å². The van der Waals surface area contributed by atoms with Gasteiger partial charge in [0.2, 0.25) is 0 Å². The summed E-state index contributed by atoms with van der Waals surface area (Å²) in [4.78, 5) is 12.1. The molecule has 1 saturated heterocycles. The van der Waals surface area contributed by atoms with Crippen LogP contribution in [0.5, 0.6) is 0 Å². The van der Waals surface area contributed by atoms with Gasteiger partial charge in [-0.15, -0.1) is 0 Å². The van der Waals surface area contributed by atoms with E-state index in [0.29, 0.717) is 18.1 Å². The zero-order valence-electron chi connectivity index (χ0n) is 10.4. The van der Waals surface area contributed by atoms with Crippen LogP contribution >= 0.6 is 23.4 Å². The molecule has 0 aromatic heterocycles. The highest BCUT2D eigenvalue weighted by Gasteiger charge is 2.45. The zero-order chi connectivity index (χ0) is 13.5. The molecule has 19 heavy (non-hydrogen) atoms. The Hall–Kier alpha value is -0.710. The number of hydrogen-bond acceptors (Lipinski definition) is 3. The van der Waals surface area contributed by atoms with Crippen molar-refractivity contribution < 1.29 is 9.90 Å². The second-order valence-corrected chi connectivity index (χ2v) is 6.85. The molecule has 2 fully saturated rings. The lowest BCUT2D eigenvalue weighted by Crippen LogP contribution is -2.47. The molecule has 2 N–H and O–H groups in total. The maximum atomic E-state index is 12.1. The van der Waals surface area contributed by atoms with E-state index in [1.165, 1.54) is 0 Å². The summed E-state index contributed by atoms with van der Waals surface area (Å²) in [5.74, 6) is 1.48. The molecule has 0 radical (unpaired) electrons. The lowest BCUT2D eigenvalue weighted by Gasteiger charge is -2.20. The third-order valence-corrected chi connectivity index (χ3v) is 5.22. The van der Waals surface area contributed by atoms with E-state index >= 15 is 0 Å². The highest BCUT2D eigenvalue weighted by atomic mass is 35.5. The highest BCUT2D eigenvalue weighted by Crippen LogP contribution is 2.42. The molecule has 1 saturated carbocycles. The van der Waals surface area contributed by atoms with Gasteiger partial charge in [-0.1, -0.05) is 23.7 Å². The molecule has 3 atom stereocenters. The molecular formula is C14H16ClNO2S. The van der Waals surface area contributed by atoms with Crippen LogP contribution in [0.25, 0.3) is 0 Å². The van der Waals surface area contributed by atoms with Crippen molar-refractivity contribution in [2.24, 2.45) is 0 Å². The van der Waals surface area contributed by atoms with Crippen molar-refractivity contribution in [3.8, 4) is 0 Å². The van der Waals surface area contributed by atoms with Gasteiger partial charge >= 0.3 is 0 Å². The summed E-state index contributed by atoms with van der Waals surface area (Å²) in [6, 6.07) is 7.89. The van der Waals surface area contributed by atoms with Crippen LogP contribution in [0.4, 0.5) is 0 Å². The maximum absolute atomic E-state index is 12.1. The van der Waals surface area contributed by atoms with Crippen molar-refractivity contribution in [2.75, 3.05) is 11.5 Å². The topological polar surface area (TPSA) is 49.3 Å². The standard InChI is InChI=1S/C14H16ClNO2S/c15-10-3-1-2-9(6-10)11-7-12(11)16-13(17)14(18)4-5-19-8-14/h1-3,6,11-12,18H,4-5,7-8H2,(H,16,17). The quantitative estimate of drug-likeness (QED) is 0.899. The average molecular weight is 298 g/mol. The number of benzene rings is 1. The SMILES string of the molecule is O=C(NC1CC1c1cccc(Cl)c1)C1(O)CCSC1. The van der Waals surface area contributed by atoms with Crippen molar-refractivity contribution in [3.05, 3.63) is 34.9 Å². The monoisotopic (exact) mass is 297 g/mol. The van der Waals surface area contributed by atoms with E-state index in [1.54, 1.807) is 11.8 Å². The Bertz CT molecular complexity index is 502. The third kappa shape index (κ3) is 2.76. The minimum atomic E-state index is -1.16. The Balaban J connectivity index is 1.60. The Morgan fingerprint density at radius 3 is 3.05 bits per heavy atom. The molecule has 1 aliphatic heterocycles. The number of rotatable bonds is 3. The molecule has 1 aliphatic carbocycles. The van der Waals surface area contributed by atoms with Crippen LogP contribution in [0.15, 0.2) is 24.3 Å². The molecule has 2 aliphatic rings. The lowest BCUT2D eigenvalue weighted by atomic mass is 10.0. The normalized spacial score (nSPS) is 33.2. The molecule has 3 rings (SSSR count). The minimum absolute atomic E-state index is 0.139. The zero-order valence-corrected chi connectivity index (χ0v) is 12.0. The van der Waals surface area contributed by atoms with Crippen molar-refractivity contribution >= 4 is 29.3 Å². The number of amides is 1. The summed E-state index contributed by atoms with van der Waals surface area (Å²) in [5, 5.41) is 13.9. The summed E-state index contributed by atoms with van der Waals surface area (Å²) in [7, 11) is 0. The molecule has 3 unspecified atom stereocenters. The van der Waals surface area contributed by atoms with Crippen LogP contribution in [0, 0.1) is 0 Å². The summed E-state index contributed by atoms with van der Waals surface area (Å²) in [5.41, 5.74) is -0.00263. The number of carbonyl (C=O) groups excluding carboxylic acids is 1. The van der Waals surface area contributed by atoms with Crippen molar-refractivity contribution in [1.82, 2.24) is 5.32 Å². The fraction of sp³-hybridized carbons (Fsp3) is 0.500. The molecule has 1 aromatic carbocycles. The van der Waals surface area contributed by atoms with Gasteiger partial charge in [0.05, 0.1) is 0 Å². The lowest BCUT2D eigenvalue weighted by molar-refractivity contribution is -0.137. The number of hydrogen-bond donors (Lipinski definition) is 2. The van der Waals surface area contributed by atoms with Crippen molar-refractivity contribution in [2.45, 2.75) is 30.4 Å². The van der Waals surface area contributed by atoms with Crippen LogP contribution in [0.2, 0.25) is 5.02 Å². The van der Waals surface area contributed by atoms with E-state index in [1.807, 2.05) is 24.3 Å². The molecule has 1 heterocycles. The smallest absolute Gasteiger partial charge is 0.253 e. The van der Waals surface area contributed by atoms with Crippen LogP contribution in [-0.2, 0) is 4.79 Å². The molecule has 1 amide bonds. The molecule has 3 nitrogen and oxygen atoms in total. The van der Waals surface area contributed by atoms with Gasteiger partial charge in [0.1, 0.15) is 0 Å². The van der Waals surface area contributed by atoms with E-state index in [0.717, 1.165) is 22.8 Å². The summed E-state index contributed by atoms with van der Waals surface area (Å²) >= 11 is 7.59. The number of nitrogens with one attached hydrogen (secondary N) is 1. The van der Waals surface area contributed by atoms with Crippen LogP contribution in [0.3, 0.4) is 0 Å². The average Bonchev–Trinajstić information content (AvgIpc) is 3.00.